The maximum absolute atomic E-state index is 13.6. The van der Waals surface area contributed by atoms with Gasteiger partial charge in [-0.05, 0) is 42.3 Å². The van der Waals surface area contributed by atoms with Crippen LogP contribution in [-0.2, 0) is 16.1 Å². The second-order valence-corrected chi connectivity index (χ2v) is 8.98. The topological polar surface area (TPSA) is 108 Å². The zero-order chi connectivity index (χ0) is 25.7. The Morgan fingerprint density at radius 2 is 1.75 bits per heavy atom. The number of nitrogens with one attached hydrogen (secondary N) is 1. The van der Waals surface area contributed by atoms with Gasteiger partial charge in [0.2, 0.25) is 0 Å². The number of hydroxylamine groups is 1. The Bertz CT molecular complexity index is 1210. The number of para-hydroxylation sites is 1. The summed E-state index contributed by atoms with van der Waals surface area (Å²) in [5.41, 5.74) is 1.81. The molecule has 188 valence electrons. The lowest BCUT2D eigenvalue weighted by Crippen LogP contribution is -2.35. The van der Waals surface area contributed by atoms with Gasteiger partial charge >= 0.3 is 5.97 Å². The monoisotopic (exact) mass is 490 g/mol. The van der Waals surface area contributed by atoms with Gasteiger partial charge in [0.25, 0.3) is 5.91 Å². The number of aliphatic hydroxyl groups excluding tert-OH is 1. The van der Waals surface area contributed by atoms with Crippen molar-refractivity contribution >= 4 is 17.6 Å². The van der Waals surface area contributed by atoms with Crippen LogP contribution < -0.4 is 15.1 Å². The van der Waals surface area contributed by atoms with E-state index >= 15 is 0 Å². The van der Waals surface area contributed by atoms with Crippen LogP contribution >= 0.6 is 0 Å². The van der Waals surface area contributed by atoms with E-state index in [0.29, 0.717) is 34.7 Å². The Balaban J connectivity index is 1.64. The van der Waals surface area contributed by atoms with Crippen molar-refractivity contribution in [1.29, 1.82) is 0 Å². The van der Waals surface area contributed by atoms with Crippen LogP contribution in [0.5, 0.6) is 11.5 Å². The molecule has 1 aliphatic rings. The van der Waals surface area contributed by atoms with Crippen LogP contribution in [-0.4, -0.2) is 47.4 Å². The summed E-state index contributed by atoms with van der Waals surface area (Å²) in [5.74, 6) is -1.41. The maximum Gasteiger partial charge on any atom is 0.363 e. The Morgan fingerprint density at radius 3 is 2.47 bits per heavy atom. The van der Waals surface area contributed by atoms with Crippen molar-refractivity contribution in [3.05, 3.63) is 89.5 Å². The standard InChI is InChI=1S/C28H30N2O6/c1-18(2)29-16-21(31)17-35-25-14-8-12-23-26(25)22(15-20-11-6-7-13-24(20)32)27(33)30(23)36-28(34)19-9-4-3-5-10-19/h3-14,18,21-22,29,31-32H,15-17H2,1-2H3. The van der Waals surface area contributed by atoms with Gasteiger partial charge in [0.05, 0.1) is 17.2 Å². The molecule has 36 heavy (non-hydrogen) atoms. The smallest absolute Gasteiger partial charge is 0.363 e. The molecule has 2 atom stereocenters. The lowest BCUT2D eigenvalue weighted by atomic mass is 9.92. The van der Waals surface area contributed by atoms with Crippen molar-refractivity contribution in [3.63, 3.8) is 0 Å². The molecule has 3 N–H and O–H groups in total. The van der Waals surface area contributed by atoms with Gasteiger partial charge in [0.15, 0.2) is 0 Å². The first-order chi connectivity index (χ1) is 17.3. The quantitative estimate of drug-likeness (QED) is 0.399. The number of nitrogens with zero attached hydrogens (tertiary/aromatic N) is 1. The molecule has 0 fully saturated rings. The minimum absolute atomic E-state index is 0.0114. The molecule has 0 aliphatic carbocycles. The third-order valence-corrected chi connectivity index (χ3v) is 5.90. The number of ether oxygens (including phenoxy) is 1. The summed E-state index contributed by atoms with van der Waals surface area (Å²) in [6.07, 6.45) is -0.584. The number of rotatable bonds is 10. The molecule has 0 saturated carbocycles. The van der Waals surface area contributed by atoms with Crippen LogP contribution in [0, 0.1) is 0 Å². The Labute approximate surface area is 210 Å². The number of amides is 1. The normalized spacial score (nSPS) is 15.6. The third-order valence-electron chi connectivity index (χ3n) is 5.90. The largest absolute Gasteiger partial charge is 0.508 e. The molecule has 0 bridgehead atoms. The van der Waals surface area contributed by atoms with Crippen molar-refractivity contribution in [1.82, 2.24) is 5.32 Å². The van der Waals surface area contributed by atoms with Crippen LogP contribution in [0.1, 0.15) is 41.3 Å². The van der Waals surface area contributed by atoms with Gasteiger partial charge in [-0.1, -0.05) is 56.3 Å². The molecule has 0 spiro atoms. The van der Waals surface area contributed by atoms with Gasteiger partial charge < -0.3 is 25.1 Å². The SMILES string of the molecule is CC(C)NCC(O)COc1cccc2c1C(Cc1ccccc1O)C(=O)N2OC(=O)c1ccccc1. The molecule has 0 radical (unpaired) electrons. The molecule has 0 aromatic heterocycles. The molecule has 1 heterocycles. The molecular weight excluding hydrogens is 460 g/mol. The highest BCUT2D eigenvalue weighted by Crippen LogP contribution is 2.45. The second kappa shape index (κ2) is 11.2. The highest BCUT2D eigenvalue weighted by atomic mass is 16.7. The summed E-state index contributed by atoms with van der Waals surface area (Å²) in [7, 11) is 0. The van der Waals surface area contributed by atoms with Gasteiger partial charge in [-0.15, -0.1) is 5.06 Å². The zero-order valence-corrected chi connectivity index (χ0v) is 20.3. The third kappa shape index (κ3) is 5.67. The van der Waals surface area contributed by atoms with Crippen LogP contribution in [0.2, 0.25) is 0 Å². The molecular formula is C28H30N2O6. The van der Waals surface area contributed by atoms with Crippen LogP contribution in [0.4, 0.5) is 5.69 Å². The Kier molecular flexibility index (Phi) is 7.87. The van der Waals surface area contributed by atoms with E-state index in [1.807, 2.05) is 13.8 Å². The molecule has 2 unspecified atom stereocenters. The summed E-state index contributed by atoms with van der Waals surface area (Å²) in [6, 6.07) is 20.5. The first-order valence-corrected chi connectivity index (χ1v) is 11.9. The number of carbonyl (C=O) groups is 2. The van der Waals surface area contributed by atoms with Crippen molar-refractivity contribution in [2.45, 2.75) is 38.3 Å². The molecule has 3 aromatic rings. The van der Waals surface area contributed by atoms with E-state index < -0.39 is 23.9 Å². The fourth-order valence-corrected chi connectivity index (χ4v) is 4.08. The second-order valence-electron chi connectivity index (χ2n) is 8.98. The summed E-state index contributed by atoms with van der Waals surface area (Å²) < 4.78 is 5.96. The van der Waals surface area contributed by atoms with E-state index in [9.17, 15) is 19.8 Å². The number of phenolic OH excluding ortho intramolecular Hbond substituents is 1. The van der Waals surface area contributed by atoms with Gasteiger partial charge in [-0.25, -0.2) is 4.79 Å². The van der Waals surface area contributed by atoms with E-state index in [4.69, 9.17) is 9.57 Å². The number of aliphatic hydroxyl groups is 1. The number of carbonyl (C=O) groups excluding carboxylic acids is 2. The van der Waals surface area contributed by atoms with Gasteiger partial charge in [0, 0.05) is 18.2 Å². The molecule has 3 aromatic carbocycles. The molecule has 4 rings (SSSR count). The van der Waals surface area contributed by atoms with Crippen molar-refractivity contribution < 1.29 is 29.4 Å². The van der Waals surface area contributed by atoms with Gasteiger partial charge in [-0.3, -0.25) is 4.79 Å². The number of aromatic hydroxyl groups is 1. The highest BCUT2D eigenvalue weighted by Gasteiger charge is 2.42. The van der Waals surface area contributed by atoms with Gasteiger partial charge in [-0.2, -0.15) is 0 Å². The van der Waals surface area contributed by atoms with E-state index in [2.05, 4.69) is 5.32 Å². The summed E-state index contributed by atoms with van der Waals surface area (Å²) >= 11 is 0. The Morgan fingerprint density at radius 1 is 1.03 bits per heavy atom. The average Bonchev–Trinajstić information content (AvgIpc) is 3.14. The van der Waals surface area contributed by atoms with Gasteiger partial charge in [0.1, 0.15) is 24.2 Å². The summed E-state index contributed by atoms with van der Waals surface area (Å²) in [5, 5.41) is 24.8. The fourth-order valence-electron chi connectivity index (χ4n) is 4.08. The number of benzene rings is 3. The first-order valence-electron chi connectivity index (χ1n) is 11.9. The lowest BCUT2D eigenvalue weighted by Gasteiger charge is -2.18. The first kappa shape index (κ1) is 25.2. The van der Waals surface area contributed by atoms with Crippen LogP contribution in [0.15, 0.2) is 72.8 Å². The fraction of sp³-hybridized carbons (Fsp3) is 0.286. The minimum Gasteiger partial charge on any atom is -0.508 e. The predicted octanol–water partition coefficient (Wildman–Crippen LogP) is 3.57. The number of hydrogen-bond donors (Lipinski definition) is 3. The number of phenols is 1. The molecule has 8 heteroatoms. The van der Waals surface area contributed by atoms with E-state index in [1.54, 1.807) is 72.8 Å². The lowest BCUT2D eigenvalue weighted by molar-refractivity contribution is -0.124. The van der Waals surface area contributed by atoms with Crippen molar-refractivity contribution in [3.8, 4) is 11.5 Å². The zero-order valence-electron chi connectivity index (χ0n) is 20.3. The molecule has 1 aliphatic heterocycles. The summed E-state index contributed by atoms with van der Waals surface area (Å²) in [4.78, 5) is 31.9. The highest BCUT2D eigenvalue weighted by molar-refractivity contribution is 6.06. The molecule has 0 saturated heterocycles. The Hall–Kier alpha value is -3.88. The van der Waals surface area contributed by atoms with Crippen molar-refractivity contribution in [2.24, 2.45) is 0 Å². The van der Waals surface area contributed by atoms with E-state index in [1.165, 1.54) is 0 Å². The minimum atomic E-state index is -0.765. The maximum atomic E-state index is 13.6. The summed E-state index contributed by atoms with van der Waals surface area (Å²) in [6.45, 7) is 4.33. The van der Waals surface area contributed by atoms with Crippen molar-refractivity contribution in [2.75, 3.05) is 18.2 Å². The van der Waals surface area contributed by atoms with E-state index in [0.717, 1.165) is 5.06 Å². The number of anilines is 1. The molecule has 8 nitrogen and oxygen atoms in total. The average molecular weight is 491 g/mol. The van der Waals surface area contributed by atoms with E-state index in [-0.39, 0.29) is 24.8 Å². The molecule has 1 amide bonds. The predicted molar refractivity (Wildman–Crippen MR) is 135 cm³/mol. The number of fused-ring (bicyclic) bond motifs is 1. The van der Waals surface area contributed by atoms with Crippen LogP contribution in [0.25, 0.3) is 0 Å². The number of hydrogen-bond acceptors (Lipinski definition) is 7. The van der Waals surface area contributed by atoms with Crippen LogP contribution in [0.3, 0.4) is 0 Å².